The molecule has 5 rings (SSSR count). The molecule has 1 saturated carbocycles. The van der Waals surface area contributed by atoms with Gasteiger partial charge in [0.1, 0.15) is 5.78 Å². The van der Waals surface area contributed by atoms with E-state index in [2.05, 4.69) is 18.2 Å². The summed E-state index contributed by atoms with van der Waals surface area (Å²) < 4.78 is 0. The van der Waals surface area contributed by atoms with Gasteiger partial charge in [0.25, 0.3) is 0 Å². The Labute approximate surface area is 202 Å². The van der Waals surface area contributed by atoms with Crippen molar-refractivity contribution in [1.29, 1.82) is 0 Å². The van der Waals surface area contributed by atoms with E-state index in [1.165, 1.54) is 0 Å². The summed E-state index contributed by atoms with van der Waals surface area (Å²) >= 11 is 0. The highest BCUT2D eigenvalue weighted by Gasteiger charge is 2.54. The Morgan fingerprint density at radius 1 is 0.571 bits per heavy atom. The van der Waals surface area contributed by atoms with Crippen molar-refractivity contribution < 1.29 is 24.6 Å². The molecule has 5 nitrogen and oxygen atoms in total. The van der Waals surface area contributed by atoms with E-state index >= 15 is 0 Å². The smallest absolute Gasteiger partial charge is 0.335 e. The lowest BCUT2D eigenvalue weighted by molar-refractivity contribution is -0.126. The number of Topliss-reactive ketones (excluding diaryl/α,β-unsaturated/α-hetero) is 1. The van der Waals surface area contributed by atoms with Gasteiger partial charge in [-0.1, -0.05) is 66.7 Å². The van der Waals surface area contributed by atoms with Crippen molar-refractivity contribution in [3.8, 4) is 0 Å². The summed E-state index contributed by atoms with van der Waals surface area (Å²) in [4.78, 5) is 35.6. The number of ketones is 1. The molecule has 4 atom stereocenters. The molecule has 4 aromatic carbocycles. The molecule has 1 aliphatic carbocycles. The standard InChI is InChI=1S/C30H24O5/c1-17(31)25-26(18-5-3-2-4-6-18)28(27(25)19-7-9-20(10-8-19)29(32)33)23-13-11-22-16-24(30(34)35)14-12-21(22)15-23/h2-16,25-28H,1H3,(H,32,33)(H,34,35)/t25-,26+,27+,28-/m1/s1. The molecule has 0 bridgehead atoms. The topological polar surface area (TPSA) is 91.7 Å². The SMILES string of the molecule is CC(=O)[C@@H]1[C@H](c2ccccc2)[C@@H](c2ccc3cc(C(=O)O)ccc3c2)[C@H]1c1ccc(C(=O)O)cc1. The third-order valence-electron chi connectivity index (χ3n) is 7.24. The maximum Gasteiger partial charge on any atom is 0.335 e. The van der Waals surface area contributed by atoms with Crippen molar-refractivity contribution in [2.45, 2.75) is 24.7 Å². The molecule has 1 aliphatic rings. The van der Waals surface area contributed by atoms with E-state index in [-0.39, 0.29) is 40.6 Å². The summed E-state index contributed by atoms with van der Waals surface area (Å²) in [6, 6.07) is 28.0. The van der Waals surface area contributed by atoms with E-state index in [4.69, 9.17) is 0 Å². The summed E-state index contributed by atoms with van der Waals surface area (Å²) in [5.41, 5.74) is 3.55. The maximum atomic E-state index is 12.9. The molecule has 4 aromatic rings. The number of rotatable bonds is 6. The zero-order valence-corrected chi connectivity index (χ0v) is 19.1. The van der Waals surface area contributed by atoms with E-state index in [1.807, 2.05) is 48.5 Å². The number of carbonyl (C=O) groups is 3. The molecule has 0 radical (unpaired) electrons. The van der Waals surface area contributed by atoms with Gasteiger partial charge in [0.05, 0.1) is 11.1 Å². The molecular weight excluding hydrogens is 440 g/mol. The molecule has 2 N–H and O–H groups in total. The third-order valence-corrected chi connectivity index (χ3v) is 7.24. The molecule has 0 spiro atoms. The van der Waals surface area contributed by atoms with E-state index in [1.54, 1.807) is 31.2 Å². The van der Waals surface area contributed by atoms with Crippen LogP contribution in [0.3, 0.4) is 0 Å². The van der Waals surface area contributed by atoms with Gasteiger partial charge in [0, 0.05) is 17.8 Å². The largest absolute Gasteiger partial charge is 0.478 e. The van der Waals surface area contributed by atoms with Crippen molar-refractivity contribution in [2.24, 2.45) is 5.92 Å². The number of carbonyl (C=O) groups excluding carboxylic acids is 1. The Bertz CT molecular complexity index is 1440. The average molecular weight is 465 g/mol. The normalized spacial score (nSPS) is 21.3. The quantitative estimate of drug-likeness (QED) is 0.359. The van der Waals surface area contributed by atoms with Gasteiger partial charge < -0.3 is 10.2 Å². The molecule has 5 heteroatoms. The fraction of sp³-hybridized carbons (Fsp3) is 0.167. The van der Waals surface area contributed by atoms with Gasteiger partial charge in [-0.3, -0.25) is 4.79 Å². The number of carboxylic acid groups (broad SMARTS) is 2. The highest BCUT2D eigenvalue weighted by Crippen LogP contribution is 2.62. The Kier molecular flexibility index (Phi) is 5.69. The lowest BCUT2D eigenvalue weighted by atomic mass is 9.50. The van der Waals surface area contributed by atoms with Crippen LogP contribution in [-0.2, 0) is 4.79 Å². The average Bonchev–Trinajstić information content (AvgIpc) is 2.83. The molecule has 35 heavy (non-hydrogen) atoms. The van der Waals surface area contributed by atoms with Gasteiger partial charge in [-0.05, 0) is 64.6 Å². The van der Waals surface area contributed by atoms with Crippen LogP contribution in [0.5, 0.6) is 0 Å². The Morgan fingerprint density at radius 2 is 1.09 bits per heavy atom. The summed E-state index contributed by atoms with van der Waals surface area (Å²) in [6.45, 7) is 1.63. The molecule has 0 unspecified atom stereocenters. The van der Waals surface area contributed by atoms with Gasteiger partial charge in [0.2, 0.25) is 0 Å². The molecular formula is C30H24O5. The van der Waals surface area contributed by atoms with Crippen LogP contribution < -0.4 is 0 Å². The predicted molar refractivity (Wildman–Crippen MR) is 133 cm³/mol. The van der Waals surface area contributed by atoms with Crippen LogP contribution in [0.15, 0.2) is 91.0 Å². The first-order valence-electron chi connectivity index (χ1n) is 11.5. The van der Waals surface area contributed by atoms with Gasteiger partial charge in [-0.15, -0.1) is 0 Å². The number of aromatic carboxylic acids is 2. The van der Waals surface area contributed by atoms with Crippen LogP contribution in [-0.4, -0.2) is 27.9 Å². The molecule has 0 heterocycles. The highest BCUT2D eigenvalue weighted by molar-refractivity contribution is 5.94. The van der Waals surface area contributed by atoms with E-state index < -0.39 is 11.9 Å². The maximum absolute atomic E-state index is 12.9. The minimum atomic E-state index is -0.984. The number of hydrogen-bond acceptors (Lipinski definition) is 3. The molecule has 0 amide bonds. The van der Waals surface area contributed by atoms with Crippen LogP contribution in [0, 0.1) is 5.92 Å². The highest BCUT2D eigenvalue weighted by atomic mass is 16.4. The van der Waals surface area contributed by atoms with Gasteiger partial charge in [-0.2, -0.15) is 0 Å². The Morgan fingerprint density at radius 3 is 1.69 bits per heavy atom. The van der Waals surface area contributed by atoms with Gasteiger partial charge >= 0.3 is 11.9 Å². The van der Waals surface area contributed by atoms with Crippen molar-refractivity contribution in [1.82, 2.24) is 0 Å². The van der Waals surface area contributed by atoms with E-state index in [0.29, 0.717) is 0 Å². The summed E-state index contributed by atoms with van der Waals surface area (Å²) in [5, 5.41) is 20.4. The zero-order chi connectivity index (χ0) is 24.7. The molecule has 174 valence electrons. The number of fused-ring (bicyclic) bond motifs is 1. The number of benzene rings is 4. The Hall–Kier alpha value is -4.25. The minimum Gasteiger partial charge on any atom is -0.478 e. The lowest BCUT2D eigenvalue weighted by Gasteiger charge is -2.52. The van der Waals surface area contributed by atoms with E-state index in [9.17, 15) is 24.6 Å². The van der Waals surface area contributed by atoms with Crippen LogP contribution in [0.2, 0.25) is 0 Å². The molecule has 1 fully saturated rings. The second kappa shape index (κ2) is 8.84. The second-order valence-electron chi connectivity index (χ2n) is 9.18. The van der Waals surface area contributed by atoms with Crippen molar-refractivity contribution in [2.75, 3.05) is 0 Å². The fourth-order valence-electron chi connectivity index (χ4n) is 5.63. The van der Waals surface area contributed by atoms with Crippen LogP contribution >= 0.6 is 0 Å². The monoisotopic (exact) mass is 464 g/mol. The number of hydrogen-bond donors (Lipinski definition) is 2. The third kappa shape index (κ3) is 3.99. The molecule has 0 saturated heterocycles. The Balaban J connectivity index is 1.63. The van der Waals surface area contributed by atoms with Gasteiger partial charge in [-0.25, -0.2) is 9.59 Å². The lowest BCUT2D eigenvalue weighted by Crippen LogP contribution is -2.45. The first-order valence-corrected chi connectivity index (χ1v) is 11.5. The molecule has 0 aliphatic heterocycles. The van der Waals surface area contributed by atoms with Gasteiger partial charge in [0.15, 0.2) is 0 Å². The molecule has 0 aromatic heterocycles. The van der Waals surface area contributed by atoms with Crippen LogP contribution in [0.1, 0.15) is 62.1 Å². The second-order valence-corrected chi connectivity index (χ2v) is 9.18. The summed E-state index contributed by atoms with van der Waals surface area (Å²) in [7, 11) is 0. The van der Waals surface area contributed by atoms with Crippen molar-refractivity contribution in [3.63, 3.8) is 0 Å². The first-order chi connectivity index (χ1) is 16.8. The van der Waals surface area contributed by atoms with Crippen molar-refractivity contribution in [3.05, 3.63) is 119 Å². The summed E-state index contributed by atoms with van der Waals surface area (Å²) in [6.07, 6.45) is 0. The van der Waals surface area contributed by atoms with Crippen LogP contribution in [0.4, 0.5) is 0 Å². The number of carboxylic acids is 2. The first kappa shape index (κ1) is 22.5. The van der Waals surface area contributed by atoms with Crippen LogP contribution in [0.25, 0.3) is 10.8 Å². The summed E-state index contributed by atoms with van der Waals surface area (Å²) in [5.74, 6) is -2.19. The predicted octanol–water partition coefficient (Wildman–Crippen LogP) is 6.11. The zero-order valence-electron chi connectivity index (χ0n) is 19.1. The van der Waals surface area contributed by atoms with E-state index in [0.717, 1.165) is 27.5 Å². The minimum absolute atomic E-state index is 0.00512. The fourth-order valence-corrected chi connectivity index (χ4v) is 5.63. The van der Waals surface area contributed by atoms with Crippen molar-refractivity contribution >= 4 is 28.5 Å².